The molecule has 10 heteroatoms. The summed E-state index contributed by atoms with van der Waals surface area (Å²) in [6, 6.07) is 9.92. The number of nitrogens with one attached hydrogen (secondary N) is 1. The third kappa shape index (κ3) is 7.17. The van der Waals surface area contributed by atoms with E-state index in [0.29, 0.717) is 0 Å². The van der Waals surface area contributed by atoms with E-state index in [1.165, 1.54) is 11.0 Å². The van der Waals surface area contributed by atoms with Crippen LogP contribution in [-0.4, -0.2) is 50.0 Å². The van der Waals surface area contributed by atoms with E-state index in [2.05, 4.69) is 5.32 Å². The second-order valence-electron chi connectivity index (χ2n) is 8.31. The lowest BCUT2D eigenvalue weighted by Gasteiger charge is -2.32. The average molecular weight is 512 g/mol. The van der Waals surface area contributed by atoms with E-state index in [1.54, 1.807) is 6.92 Å². The number of hydrogen-bond acceptors (Lipinski definition) is 4. The van der Waals surface area contributed by atoms with Crippen LogP contribution in [-0.2, 0) is 26.2 Å². The van der Waals surface area contributed by atoms with Crippen molar-refractivity contribution in [2.24, 2.45) is 0 Å². The van der Waals surface area contributed by atoms with Gasteiger partial charge in [0.25, 0.3) is 0 Å². The number of aryl methyl sites for hydroxylation is 1. The largest absolute Gasteiger partial charge is 0.352 e. The van der Waals surface area contributed by atoms with Crippen molar-refractivity contribution in [3.05, 3.63) is 64.4 Å². The first-order chi connectivity index (χ1) is 15.8. The van der Waals surface area contributed by atoms with Crippen LogP contribution in [0.5, 0.6) is 0 Å². The van der Waals surface area contributed by atoms with Crippen LogP contribution in [0.1, 0.15) is 38.3 Å². The number of sulfonamides is 1. The lowest BCUT2D eigenvalue weighted by molar-refractivity contribution is -0.139. The Labute approximate surface area is 205 Å². The van der Waals surface area contributed by atoms with Crippen molar-refractivity contribution >= 4 is 39.1 Å². The molecule has 0 saturated carbocycles. The number of carbonyl (C=O) groups is 2. The summed E-state index contributed by atoms with van der Waals surface area (Å²) in [6.07, 6.45) is 1.67. The normalized spacial score (nSPS) is 13.1. The predicted molar refractivity (Wildman–Crippen MR) is 133 cm³/mol. The maximum Gasteiger partial charge on any atom is 0.244 e. The minimum atomic E-state index is -3.92. The molecule has 0 saturated heterocycles. The Bertz CT molecular complexity index is 1140. The molecule has 0 aromatic heterocycles. The topological polar surface area (TPSA) is 86.8 Å². The fourth-order valence-corrected chi connectivity index (χ4v) is 4.29. The molecule has 2 aromatic carbocycles. The highest BCUT2D eigenvalue weighted by Crippen LogP contribution is 2.25. The molecule has 186 valence electrons. The van der Waals surface area contributed by atoms with Gasteiger partial charge in [0.05, 0.1) is 17.0 Å². The summed E-state index contributed by atoms with van der Waals surface area (Å²) >= 11 is 5.84. The molecule has 0 spiro atoms. The molecular formula is C24H31ClFN3O4S. The molecule has 0 fully saturated rings. The Hall–Kier alpha value is -2.65. The second-order valence-corrected chi connectivity index (χ2v) is 10.6. The van der Waals surface area contributed by atoms with Gasteiger partial charge < -0.3 is 10.2 Å². The molecule has 7 nitrogen and oxygen atoms in total. The zero-order valence-corrected chi connectivity index (χ0v) is 21.6. The number of rotatable bonds is 10. The molecule has 2 amide bonds. The summed E-state index contributed by atoms with van der Waals surface area (Å²) in [5.41, 5.74) is 1.81. The maximum atomic E-state index is 13.6. The highest BCUT2D eigenvalue weighted by atomic mass is 35.5. The Morgan fingerprint density at radius 1 is 1.15 bits per heavy atom. The average Bonchev–Trinajstić information content (AvgIpc) is 2.77. The van der Waals surface area contributed by atoms with Gasteiger partial charge in [-0.15, -0.1) is 0 Å². The number of anilines is 1. The van der Waals surface area contributed by atoms with Crippen molar-refractivity contribution in [1.29, 1.82) is 0 Å². The lowest BCUT2D eigenvalue weighted by atomic mass is 10.1. The lowest BCUT2D eigenvalue weighted by Crippen LogP contribution is -2.52. The van der Waals surface area contributed by atoms with Gasteiger partial charge in [-0.25, -0.2) is 12.8 Å². The van der Waals surface area contributed by atoms with Crippen LogP contribution >= 0.6 is 11.6 Å². The number of halogens is 2. The molecular weight excluding hydrogens is 481 g/mol. The van der Waals surface area contributed by atoms with E-state index in [0.717, 1.165) is 40.2 Å². The first-order valence-electron chi connectivity index (χ1n) is 10.9. The van der Waals surface area contributed by atoms with Crippen molar-refractivity contribution in [3.63, 3.8) is 0 Å². The molecule has 1 N–H and O–H groups in total. The van der Waals surface area contributed by atoms with Gasteiger partial charge >= 0.3 is 0 Å². The van der Waals surface area contributed by atoms with E-state index >= 15 is 0 Å². The van der Waals surface area contributed by atoms with E-state index < -0.39 is 34.3 Å². The molecule has 0 heterocycles. The van der Waals surface area contributed by atoms with Gasteiger partial charge in [-0.3, -0.25) is 13.9 Å². The van der Waals surface area contributed by atoms with Crippen molar-refractivity contribution in [2.75, 3.05) is 17.1 Å². The van der Waals surface area contributed by atoms with Gasteiger partial charge in [0.15, 0.2) is 0 Å². The quantitative estimate of drug-likeness (QED) is 0.524. The number of amides is 2. The summed E-state index contributed by atoms with van der Waals surface area (Å²) in [5, 5.41) is 2.60. The molecule has 2 rings (SSSR count). The van der Waals surface area contributed by atoms with Gasteiger partial charge in [0.1, 0.15) is 18.4 Å². The number of hydrogen-bond donors (Lipinski definition) is 1. The van der Waals surface area contributed by atoms with Crippen molar-refractivity contribution in [1.82, 2.24) is 10.2 Å². The molecule has 2 aromatic rings. The Morgan fingerprint density at radius 2 is 1.79 bits per heavy atom. The smallest absolute Gasteiger partial charge is 0.244 e. The number of carbonyl (C=O) groups excluding carboxylic acids is 2. The monoisotopic (exact) mass is 511 g/mol. The van der Waals surface area contributed by atoms with E-state index in [9.17, 15) is 22.4 Å². The van der Waals surface area contributed by atoms with E-state index in [4.69, 9.17) is 11.6 Å². The molecule has 0 unspecified atom stereocenters. The van der Waals surface area contributed by atoms with Crippen LogP contribution in [0.25, 0.3) is 0 Å². The predicted octanol–water partition coefficient (Wildman–Crippen LogP) is 3.89. The minimum absolute atomic E-state index is 0.0507. The Balaban J connectivity index is 2.42. The Kier molecular flexibility index (Phi) is 9.46. The third-order valence-electron chi connectivity index (χ3n) is 5.64. The second kappa shape index (κ2) is 11.7. The van der Waals surface area contributed by atoms with Crippen LogP contribution in [0, 0.1) is 12.7 Å². The summed E-state index contributed by atoms with van der Waals surface area (Å²) in [7, 11) is -3.92. The molecule has 0 aliphatic heterocycles. The highest BCUT2D eigenvalue weighted by Gasteiger charge is 2.30. The van der Waals surface area contributed by atoms with Gasteiger partial charge in [0.2, 0.25) is 21.8 Å². The summed E-state index contributed by atoms with van der Waals surface area (Å²) in [5.74, 6) is -1.63. The molecule has 0 aliphatic rings. The Morgan fingerprint density at radius 3 is 2.35 bits per heavy atom. The number of benzene rings is 2. The fraction of sp³-hybridized carbons (Fsp3) is 0.417. The fourth-order valence-electron chi connectivity index (χ4n) is 3.27. The van der Waals surface area contributed by atoms with E-state index in [1.807, 2.05) is 45.0 Å². The molecule has 2 atom stereocenters. The first kappa shape index (κ1) is 27.6. The van der Waals surface area contributed by atoms with Gasteiger partial charge in [-0.2, -0.15) is 0 Å². The number of nitrogens with zero attached hydrogens (tertiary/aromatic N) is 2. The zero-order valence-electron chi connectivity index (χ0n) is 20.0. The van der Waals surface area contributed by atoms with Gasteiger partial charge in [-0.1, -0.05) is 42.8 Å². The molecule has 34 heavy (non-hydrogen) atoms. The summed E-state index contributed by atoms with van der Waals surface area (Å²) in [6.45, 7) is 6.83. The van der Waals surface area contributed by atoms with Crippen LogP contribution in [0.2, 0.25) is 5.02 Å². The molecule has 0 radical (unpaired) electrons. The highest BCUT2D eigenvalue weighted by molar-refractivity contribution is 7.92. The molecule has 0 bridgehead atoms. The van der Waals surface area contributed by atoms with Crippen LogP contribution < -0.4 is 9.62 Å². The van der Waals surface area contributed by atoms with Gasteiger partial charge in [-0.05, 0) is 56.5 Å². The summed E-state index contributed by atoms with van der Waals surface area (Å²) in [4.78, 5) is 27.7. The van der Waals surface area contributed by atoms with Crippen LogP contribution in [0.4, 0.5) is 10.1 Å². The van der Waals surface area contributed by atoms with Crippen molar-refractivity contribution in [3.8, 4) is 0 Å². The standard InChI is InChI=1S/C24H31ClFN3O4S/c1-6-17(3)27-24(31)18(4)28(14-19-10-8-7-9-16(19)2)23(30)15-29(34(5,32)33)20-11-12-22(26)21(25)13-20/h7-13,17-18H,6,14-15H2,1-5H3,(H,27,31)/t17-,18+/m1/s1. The zero-order chi connectivity index (χ0) is 25.6. The van der Waals surface area contributed by atoms with Crippen LogP contribution in [0.3, 0.4) is 0 Å². The van der Waals surface area contributed by atoms with Gasteiger partial charge in [0, 0.05) is 12.6 Å². The minimum Gasteiger partial charge on any atom is -0.352 e. The van der Waals surface area contributed by atoms with Crippen LogP contribution in [0.15, 0.2) is 42.5 Å². The van der Waals surface area contributed by atoms with E-state index in [-0.39, 0.29) is 29.2 Å². The van der Waals surface area contributed by atoms with Crippen molar-refractivity contribution in [2.45, 2.75) is 52.7 Å². The molecule has 0 aliphatic carbocycles. The third-order valence-corrected chi connectivity index (χ3v) is 7.07. The first-order valence-corrected chi connectivity index (χ1v) is 13.1. The SMILES string of the molecule is CC[C@@H](C)NC(=O)[C@H](C)N(Cc1ccccc1C)C(=O)CN(c1ccc(F)c(Cl)c1)S(C)(=O)=O. The summed E-state index contributed by atoms with van der Waals surface area (Å²) < 4.78 is 39.5. The maximum absolute atomic E-state index is 13.6. The van der Waals surface area contributed by atoms with Crippen molar-refractivity contribution < 1.29 is 22.4 Å².